The van der Waals surface area contributed by atoms with Crippen LogP contribution in [-0.2, 0) is 19.3 Å². The van der Waals surface area contributed by atoms with Crippen molar-refractivity contribution in [2.45, 2.75) is 32.1 Å². The van der Waals surface area contributed by atoms with Crippen LogP contribution in [0.1, 0.15) is 40.2 Å². The van der Waals surface area contributed by atoms with E-state index in [1.807, 2.05) is 0 Å². The molecule has 1 fully saturated rings. The average molecular weight is 486 g/mol. The highest BCUT2D eigenvalue weighted by Crippen LogP contribution is 2.31. The SMILES string of the molecule is Nc1ncnc(C(=O)NCc2cc(-c3nc4ccc(C(F)(F)F)cc4[nH]3)on2)c1CN1CCCC1. The first kappa shape index (κ1) is 22.8. The summed E-state index contributed by atoms with van der Waals surface area (Å²) in [4.78, 5) is 30.2. The Balaban J connectivity index is 1.29. The maximum absolute atomic E-state index is 13.0. The molecule has 1 saturated heterocycles. The summed E-state index contributed by atoms with van der Waals surface area (Å²) < 4.78 is 44.1. The number of hydrogen-bond donors (Lipinski definition) is 3. The predicted molar refractivity (Wildman–Crippen MR) is 119 cm³/mol. The standard InChI is InChI=1S/C22H21F3N8O2/c23-22(24,25)12-3-4-15-16(7-12)31-20(30-15)17-8-13(32-35-17)9-27-21(34)18-14(19(26)29-11-28-18)10-33-5-1-2-6-33/h3-4,7-8,11H,1-2,5-6,9-10H2,(H,27,34)(H,30,31)(H2,26,28,29). The molecule has 3 aromatic heterocycles. The van der Waals surface area contributed by atoms with Crippen molar-refractivity contribution in [3.8, 4) is 11.6 Å². The number of nitrogen functional groups attached to an aromatic ring is 1. The second kappa shape index (κ2) is 8.98. The van der Waals surface area contributed by atoms with Gasteiger partial charge in [0.2, 0.25) is 5.76 Å². The monoisotopic (exact) mass is 486 g/mol. The van der Waals surface area contributed by atoms with Crippen molar-refractivity contribution >= 4 is 22.8 Å². The number of nitrogens with zero attached hydrogens (tertiary/aromatic N) is 5. The Morgan fingerprint density at radius 3 is 2.77 bits per heavy atom. The highest BCUT2D eigenvalue weighted by molar-refractivity contribution is 5.94. The van der Waals surface area contributed by atoms with Gasteiger partial charge in [-0.05, 0) is 44.1 Å². The van der Waals surface area contributed by atoms with Crippen molar-refractivity contribution in [3.63, 3.8) is 0 Å². The fraction of sp³-hybridized carbons (Fsp3) is 0.318. The lowest BCUT2D eigenvalue weighted by Gasteiger charge is -2.17. The molecule has 0 atom stereocenters. The molecule has 4 aromatic rings. The van der Waals surface area contributed by atoms with Gasteiger partial charge in [-0.1, -0.05) is 5.16 Å². The predicted octanol–water partition coefficient (Wildman–Crippen LogP) is 3.13. The molecule has 0 spiro atoms. The number of carbonyl (C=O) groups excluding carboxylic acids is 1. The number of nitrogens with one attached hydrogen (secondary N) is 2. The van der Waals surface area contributed by atoms with Crippen LogP contribution in [0.2, 0.25) is 0 Å². The van der Waals surface area contributed by atoms with Crippen LogP contribution in [-0.4, -0.2) is 49.0 Å². The topological polar surface area (TPSA) is 139 Å². The Kier molecular flexibility index (Phi) is 5.84. The summed E-state index contributed by atoms with van der Waals surface area (Å²) in [5, 5.41) is 6.65. The number of aromatic nitrogens is 5. The van der Waals surface area contributed by atoms with Crippen LogP contribution in [0.4, 0.5) is 19.0 Å². The zero-order chi connectivity index (χ0) is 24.6. The molecular weight excluding hydrogens is 465 g/mol. The number of H-pyrrole nitrogens is 1. The molecule has 0 bridgehead atoms. The first-order chi connectivity index (χ1) is 16.8. The van der Waals surface area contributed by atoms with E-state index in [9.17, 15) is 18.0 Å². The minimum atomic E-state index is -4.46. The normalized spacial score (nSPS) is 14.6. The molecule has 4 N–H and O–H groups in total. The lowest BCUT2D eigenvalue weighted by Crippen LogP contribution is -2.28. The molecule has 0 unspecified atom stereocenters. The number of aromatic amines is 1. The van der Waals surface area contributed by atoms with Crippen LogP contribution in [0.3, 0.4) is 0 Å². The van der Waals surface area contributed by atoms with E-state index in [4.69, 9.17) is 10.3 Å². The second-order valence-electron chi connectivity index (χ2n) is 8.25. The highest BCUT2D eigenvalue weighted by atomic mass is 19.4. The fourth-order valence-corrected chi connectivity index (χ4v) is 4.01. The number of benzene rings is 1. The van der Waals surface area contributed by atoms with E-state index >= 15 is 0 Å². The quantitative estimate of drug-likeness (QED) is 0.378. The summed E-state index contributed by atoms with van der Waals surface area (Å²) >= 11 is 0. The molecule has 1 amide bonds. The van der Waals surface area contributed by atoms with Crippen LogP contribution < -0.4 is 11.1 Å². The molecule has 4 heterocycles. The summed E-state index contributed by atoms with van der Waals surface area (Å²) in [7, 11) is 0. The number of amides is 1. The third-order valence-corrected chi connectivity index (χ3v) is 5.81. The number of imidazole rings is 1. The highest BCUT2D eigenvalue weighted by Gasteiger charge is 2.31. The van der Waals surface area contributed by atoms with Gasteiger partial charge in [0, 0.05) is 18.2 Å². The maximum atomic E-state index is 13.0. The maximum Gasteiger partial charge on any atom is 0.416 e. The first-order valence-electron chi connectivity index (χ1n) is 10.9. The molecular formula is C22H21F3N8O2. The molecule has 0 aliphatic carbocycles. The number of anilines is 1. The molecule has 35 heavy (non-hydrogen) atoms. The molecule has 0 saturated carbocycles. The van der Waals surface area contributed by atoms with Crippen molar-refractivity contribution in [1.29, 1.82) is 0 Å². The van der Waals surface area contributed by atoms with Crippen LogP contribution in [0, 0.1) is 0 Å². The van der Waals surface area contributed by atoms with Gasteiger partial charge in [-0.15, -0.1) is 0 Å². The molecule has 5 rings (SSSR count). The summed E-state index contributed by atoms with van der Waals surface area (Å²) in [6.45, 7) is 2.38. The molecule has 182 valence electrons. The van der Waals surface area contributed by atoms with Crippen LogP contribution >= 0.6 is 0 Å². The van der Waals surface area contributed by atoms with Gasteiger partial charge >= 0.3 is 6.18 Å². The zero-order valence-corrected chi connectivity index (χ0v) is 18.4. The molecule has 1 aliphatic heterocycles. The van der Waals surface area contributed by atoms with Gasteiger partial charge in [-0.25, -0.2) is 15.0 Å². The number of alkyl halides is 3. The van der Waals surface area contributed by atoms with Crippen molar-refractivity contribution < 1.29 is 22.5 Å². The molecule has 1 aromatic carbocycles. The summed E-state index contributed by atoms with van der Waals surface area (Å²) in [5.74, 6) is 0.279. The minimum absolute atomic E-state index is 0.0356. The number of carbonyl (C=O) groups is 1. The zero-order valence-electron chi connectivity index (χ0n) is 18.4. The molecule has 10 nitrogen and oxygen atoms in total. The number of halogens is 3. The Bertz CT molecular complexity index is 1370. The average Bonchev–Trinajstić information content (AvgIpc) is 3.58. The second-order valence-corrected chi connectivity index (χ2v) is 8.25. The Labute approximate surface area is 196 Å². The molecule has 1 aliphatic rings. The van der Waals surface area contributed by atoms with E-state index in [-0.39, 0.29) is 35.2 Å². The Morgan fingerprint density at radius 2 is 2.00 bits per heavy atom. The largest absolute Gasteiger partial charge is 0.416 e. The number of fused-ring (bicyclic) bond motifs is 1. The van der Waals surface area contributed by atoms with Gasteiger partial charge in [0.25, 0.3) is 5.91 Å². The third kappa shape index (κ3) is 4.80. The van der Waals surface area contributed by atoms with Crippen molar-refractivity contribution in [2.24, 2.45) is 0 Å². The first-order valence-corrected chi connectivity index (χ1v) is 10.9. The lowest BCUT2D eigenvalue weighted by atomic mass is 10.2. The molecule has 13 heteroatoms. The Hall–Kier alpha value is -4.00. The van der Waals surface area contributed by atoms with Gasteiger partial charge < -0.3 is 20.6 Å². The van der Waals surface area contributed by atoms with Gasteiger partial charge in [0.15, 0.2) is 5.82 Å². The van der Waals surface area contributed by atoms with E-state index in [0.717, 1.165) is 38.1 Å². The van der Waals surface area contributed by atoms with Crippen molar-refractivity contribution in [3.05, 3.63) is 53.1 Å². The van der Waals surface area contributed by atoms with Gasteiger partial charge in [0.05, 0.1) is 23.1 Å². The third-order valence-electron chi connectivity index (χ3n) is 5.81. The Morgan fingerprint density at radius 1 is 1.20 bits per heavy atom. The van der Waals surface area contributed by atoms with Crippen molar-refractivity contribution in [1.82, 2.24) is 35.3 Å². The summed E-state index contributed by atoms with van der Waals surface area (Å²) in [5.41, 5.74) is 6.98. The van der Waals surface area contributed by atoms with Crippen LogP contribution in [0.5, 0.6) is 0 Å². The van der Waals surface area contributed by atoms with Crippen molar-refractivity contribution in [2.75, 3.05) is 18.8 Å². The van der Waals surface area contributed by atoms with Crippen LogP contribution in [0.15, 0.2) is 35.1 Å². The van der Waals surface area contributed by atoms with Gasteiger partial charge in [0.1, 0.15) is 23.5 Å². The van der Waals surface area contributed by atoms with Crippen LogP contribution in [0.25, 0.3) is 22.6 Å². The molecule has 0 radical (unpaired) electrons. The van der Waals surface area contributed by atoms with E-state index < -0.39 is 17.6 Å². The minimum Gasteiger partial charge on any atom is -0.383 e. The summed E-state index contributed by atoms with van der Waals surface area (Å²) in [6.07, 6.45) is -1.02. The lowest BCUT2D eigenvalue weighted by molar-refractivity contribution is -0.137. The number of likely N-dealkylation sites (tertiary alicyclic amines) is 1. The van der Waals surface area contributed by atoms with E-state index in [2.05, 4.69) is 35.3 Å². The van der Waals surface area contributed by atoms with Gasteiger partial charge in [-0.2, -0.15) is 13.2 Å². The van der Waals surface area contributed by atoms with E-state index in [1.54, 1.807) is 6.07 Å². The number of hydrogen-bond acceptors (Lipinski definition) is 8. The number of rotatable bonds is 6. The number of nitrogens with two attached hydrogens (primary N) is 1. The van der Waals surface area contributed by atoms with E-state index in [0.29, 0.717) is 23.3 Å². The van der Waals surface area contributed by atoms with Gasteiger partial charge in [-0.3, -0.25) is 9.69 Å². The summed E-state index contributed by atoms with van der Waals surface area (Å²) in [6, 6.07) is 4.77. The fourth-order valence-electron chi connectivity index (χ4n) is 4.01. The smallest absolute Gasteiger partial charge is 0.383 e. The van der Waals surface area contributed by atoms with E-state index in [1.165, 1.54) is 12.4 Å².